The normalized spacial score (nSPS) is 20.2. The number of allylic oxidation sites excluding steroid dienone is 1. The second-order valence-corrected chi connectivity index (χ2v) is 8.60. The molecule has 0 amide bonds. The molecule has 0 radical (unpaired) electrons. The molecule has 1 aromatic heterocycles. The van der Waals surface area contributed by atoms with Crippen LogP contribution in [0.1, 0.15) is 59.6 Å². The molecule has 7 nitrogen and oxygen atoms in total. The van der Waals surface area contributed by atoms with Crippen LogP contribution < -0.4 is 10.4 Å². The molecular weight excluding hydrogens is 400 g/mol. The van der Waals surface area contributed by atoms with Crippen molar-refractivity contribution in [3.05, 3.63) is 51.9 Å². The number of fused-ring (bicyclic) bond motifs is 3. The number of benzene rings is 1. The zero-order chi connectivity index (χ0) is 22.9. The second kappa shape index (κ2) is 8.57. The lowest BCUT2D eigenvalue weighted by Gasteiger charge is -2.43. The van der Waals surface area contributed by atoms with Crippen molar-refractivity contribution in [3.8, 4) is 5.75 Å². The highest BCUT2D eigenvalue weighted by Crippen LogP contribution is 2.46. The number of rotatable bonds is 5. The highest BCUT2D eigenvalue weighted by atomic mass is 16.6. The number of hydrogen-bond acceptors (Lipinski definition) is 7. The molecule has 31 heavy (non-hydrogen) atoms. The third-order valence-electron chi connectivity index (χ3n) is 5.31. The number of carbonyl (C=O) groups excluding carboxylic acids is 2. The average Bonchev–Trinajstić information content (AvgIpc) is 2.68. The van der Waals surface area contributed by atoms with Gasteiger partial charge in [-0.25, -0.2) is 9.59 Å². The van der Waals surface area contributed by atoms with Crippen LogP contribution in [0.25, 0.3) is 11.0 Å². The molecule has 1 aliphatic heterocycles. The maximum Gasteiger partial charge on any atom is 0.336 e. The fourth-order valence-corrected chi connectivity index (χ4v) is 3.48. The Morgan fingerprint density at radius 1 is 1.16 bits per heavy atom. The van der Waals surface area contributed by atoms with Crippen LogP contribution in [0.2, 0.25) is 0 Å². The van der Waals surface area contributed by atoms with Crippen molar-refractivity contribution in [2.45, 2.75) is 65.8 Å². The summed E-state index contributed by atoms with van der Waals surface area (Å²) in [5, 5.41) is 0.636. The predicted octanol–water partition coefficient (Wildman–Crippen LogP) is 4.47. The molecular formula is C24H28O7. The maximum absolute atomic E-state index is 12.7. The van der Waals surface area contributed by atoms with E-state index < -0.39 is 35.4 Å². The van der Waals surface area contributed by atoms with Crippen molar-refractivity contribution in [3.63, 3.8) is 0 Å². The van der Waals surface area contributed by atoms with Crippen LogP contribution >= 0.6 is 0 Å². The number of ether oxygens (including phenoxy) is 3. The quantitative estimate of drug-likeness (QED) is 0.394. The van der Waals surface area contributed by atoms with Crippen molar-refractivity contribution in [2.24, 2.45) is 5.92 Å². The fraction of sp³-hybridized carbons (Fsp3) is 0.458. The van der Waals surface area contributed by atoms with Gasteiger partial charge in [0.15, 0.2) is 12.2 Å². The van der Waals surface area contributed by atoms with E-state index in [9.17, 15) is 14.4 Å². The summed E-state index contributed by atoms with van der Waals surface area (Å²) >= 11 is 0. The molecule has 166 valence electrons. The molecule has 0 aliphatic carbocycles. The Morgan fingerprint density at radius 3 is 2.48 bits per heavy atom. The zero-order valence-corrected chi connectivity index (χ0v) is 18.7. The largest absolute Gasteiger partial charge is 0.483 e. The van der Waals surface area contributed by atoms with E-state index in [0.717, 1.165) is 5.57 Å². The van der Waals surface area contributed by atoms with E-state index in [0.29, 0.717) is 23.1 Å². The van der Waals surface area contributed by atoms with Gasteiger partial charge in [-0.3, -0.25) is 4.79 Å². The Hall–Kier alpha value is -3.09. The van der Waals surface area contributed by atoms with Crippen LogP contribution in [0.4, 0.5) is 0 Å². The third-order valence-corrected chi connectivity index (χ3v) is 5.31. The first kappa shape index (κ1) is 22.6. The lowest BCUT2D eigenvalue weighted by molar-refractivity contribution is -0.191. The molecule has 0 bridgehead atoms. The molecule has 2 heterocycles. The van der Waals surface area contributed by atoms with Gasteiger partial charge in [-0.15, -0.1) is 0 Å². The van der Waals surface area contributed by atoms with Gasteiger partial charge in [-0.1, -0.05) is 19.4 Å². The highest BCUT2D eigenvalue weighted by Gasteiger charge is 2.50. The molecule has 0 saturated heterocycles. The van der Waals surface area contributed by atoms with E-state index in [-0.39, 0.29) is 11.5 Å². The standard InChI is InChI=1S/C24H28O7/c1-7-14(4)23(27)30-22-21(29-18(26)12-13(2)3)19-16(31-24(22,5)6)10-8-15-9-11-17(25)28-20(15)19/h8-12,14,21-22H,7H2,1-6H3. The van der Waals surface area contributed by atoms with Crippen LogP contribution in [-0.4, -0.2) is 23.6 Å². The van der Waals surface area contributed by atoms with Crippen molar-refractivity contribution >= 4 is 22.9 Å². The highest BCUT2D eigenvalue weighted by molar-refractivity contribution is 5.86. The maximum atomic E-state index is 12.7. The summed E-state index contributed by atoms with van der Waals surface area (Å²) < 4.78 is 23.2. The molecule has 1 aromatic carbocycles. The fourth-order valence-electron chi connectivity index (χ4n) is 3.48. The van der Waals surface area contributed by atoms with Gasteiger partial charge in [0, 0.05) is 17.5 Å². The van der Waals surface area contributed by atoms with Crippen molar-refractivity contribution in [2.75, 3.05) is 0 Å². The van der Waals surface area contributed by atoms with Gasteiger partial charge in [0.2, 0.25) is 0 Å². The Bertz CT molecular complexity index is 1090. The Balaban J connectivity index is 2.19. The Morgan fingerprint density at radius 2 is 1.84 bits per heavy atom. The topological polar surface area (TPSA) is 92.0 Å². The van der Waals surface area contributed by atoms with Crippen molar-refractivity contribution in [1.82, 2.24) is 0 Å². The van der Waals surface area contributed by atoms with E-state index in [4.69, 9.17) is 18.6 Å². The molecule has 7 heteroatoms. The second-order valence-electron chi connectivity index (χ2n) is 8.60. The van der Waals surface area contributed by atoms with E-state index in [2.05, 4.69) is 0 Å². The van der Waals surface area contributed by atoms with Crippen LogP contribution in [0.3, 0.4) is 0 Å². The molecule has 3 atom stereocenters. The van der Waals surface area contributed by atoms with E-state index in [1.807, 2.05) is 6.92 Å². The van der Waals surface area contributed by atoms with Crippen LogP contribution in [-0.2, 0) is 19.1 Å². The lowest BCUT2D eigenvalue weighted by Crippen LogP contribution is -2.52. The molecule has 0 spiro atoms. The Kier molecular flexibility index (Phi) is 6.25. The molecule has 0 fully saturated rings. The minimum Gasteiger partial charge on any atom is -0.483 e. The molecule has 3 unspecified atom stereocenters. The smallest absolute Gasteiger partial charge is 0.336 e. The summed E-state index contributed by atoms with van der Waals surface area (Å²) in [4.78, 5) is 37.2. The van der Waals surface area contributed by atoms with E-state index in [1.165, 1.54) is 12.1 Å². The zero-order valence-electron chi connectivity index (χ0n) is 18.7. The Labute approximate surface area is 181 Å². The number of esters is 2. The predicted molar refractivity (Wildman–Crippen MR) is 115 cm³/mol. The minimum absolute atomic E-state index is 0.236. The van der Waals surface area contributed by atoms with Crippen LogP contribution in [0.15, 0.2) is 45.1 Å². The van der Waals surface area contributed by atoms with Crippen molar-refractivity contribution in [1.29, 1.82) is 0 Å². The minimum atomic E-state index is -1.02. The summed E-state index contributed by atoms with van der Waals surface area (Å²) in [6.07, 6.45) is -0.0169. The van der Waals surface area contributed by atoms with Gasteiger partial charge in [0.05, 0.1) is 11.5 Å². The van der Waals surface area contributed by atoms with Gasteiger partial charge in [0.25, 0.3) is 0 Å². The molecule has 2 aromatic rings. The molecule has 0 N–H and O–H groups in total. The number of hydrogen-bond donors (Lipinski definition) is 0. The van der Waals surface area contributed by atoms with Gasteiger partial charge in [0.1, 0.15) is 16.9 Å². The van der Waals surface area contributed by atoms with E-state index >= 15 is 0 Å². The molecule has 3 rings (SSSR count). The lowest BCUT2D eigenvalue weighted by atomic mass is 9.87. The number of carbonyl (C=O) groups is 2. The monoisotopic (exact) mass is 428 g/mol. The van der Waals surface area contributed by atoms with Gasteiger partial charge < -0.3 is 18.6 Å². The summed E-state index contributed by atoms with van der Waals surface area (Å²) in [6.45, 7) is 10.7. The summed E-state index contributed by atoms with van der Waals surface area (Å²) in [5.74, 6) is -0.944. The first-order valence-corrected chi connectivity index (χ1v) is 10.3. The summed E-state index contributed by atoms with van der Waals surface area (Å²) in [5.41, 5.74) is -0.191. The van der Waals surface area contributed by atoms with Gasteiger partial charge in [-0.05, 0) is 52.3 Å². The SMILES string of the molecule is CCC(C)C(=O)OC1C(OC(=O)C=C(C)C)c2c(ccc3ccc(=O)oc23)OC1(C)C. The van der Waals surface area contributed by atoms with Crippen LogP contribution in [0.5, 0.6) is 5.75 Å². The van der Waals surface area contributed by atoms with E-state index in [1.54, 1.807) is 52.8 Å². The third kappa shape index (κ3) is 4.65. The van der Waals surface area contributed by atoms with Gasteiger partial charge in [-0.2, -0.15) is 0 Å². The summed E-state index contributed by atoms with van der Waals surface area (Å²) in [6, 6.07) is 6.42. The first-order chi connectivity index (χ1) is 14.5. The van der Waals surface area contributed by atoms with Crippen LogP contribution in [0, 0.1) is 5.92 Å². The van der Waals surface area contributed by atoms with Gasteiger partial charge >= 0.3 is 17.6 Å². The molecule has 1 aliphatic rings. The van der Waals surface area contributed by atoms with Crippen molar-refractivity contribution < 1.29 is 28.2 Å². The average molecular weight is 428 g/mol. The first-order valence-electron chi connectivity index (χ1n) is 10.3. The summed E-state index contributed by atoms with van der Waals surface area (Å²) in [7, 11) is 0. The molecule has 0 saturated carbocycles.